The highest BCUT2D eigenvalue weighted by Crippen LogP contribution is 2.32. The van der Waals surface area contributed by atoms with Crippen molar-refractivity contribution in [1.82, 2.24) is 14.5 Å². The van der Waals surface area contributed by atoms with Crippen LogP contribution in [0.1, 0.15) is 28.0 Å². The molecule has 1 amide bonds. The number of halogens is 2. The molecule has 1 fully saturated rings. The molecule has 4 heterocycles. The summed E-state index contributed by atoms with van der Waals surface area (Å²) in [7, 11) is 0. The first kappa shape index (κ1) is 21.9. The van der Waals surface area contributed by atoms with Crippen LogP contribution in [0.2, 0.25) is 5.02 Å². The van der Waals surface area contributed by atoms with Gasteiger partial charge in [0.05, 0.1) is 24.3 Å². The minimum Gasteiger partial charge on any atom is -0.392 e. The average molecular weight is 471 g/mol. The lowest BCUT2D eigenvalue weighted by molar-refractivity contribution is 0.0689. The SMILES string of the molecule is O=C1c2cc(-c3cc(NC4CCOC4)ncc3Cl)cn2CCN1Cc1cc(F)ccc1CO. The van der Waals surface area contributed by atoms with Crippen molar-refractivity contribution in [3.05, 3.63) is 70.4 Å². The number of ether oxygens (including phenoxy) is 1. The Hall–Kier alpha value is -2.94. The van der Waals surface area contributed by atoms with Gasteiger partial charge in [0, 0.05) is 49.8 Å². The summed E-state index contributed by atoms with van der Waals surface area (Å²) in [5.41, 5.74) is 3.39. The van der Waals surface area contributed by atoms with Crippen LogP contribution in [0.4, 0.5) is 10.2 Å². The molecule has 2 N–H and O–H groups in total. The van der Waals surface area contributed by atoms with E-state index in [1.165, 1.54) is 12.1 Å². The van der Waals surface area contributed by atoms with Crippen LogP contribution < -0.4 is 5.32 Å². The molecule has 5 rings (SSSR count). The summed E-state index contributed by atoms with van der Waals surface area (Å²) in [5.74, 6) is 0.176. The van der Waals surface area contributed by atoms with Gasteiger partial charge < -0.3 is 24.6 Å². The zero-order valence-corrected chi connectivity index (χ0v) is 18.7. The largest absolute Gasteiger partial charge is 0.392 e. The van der Waals surface area contributed by atoms with Gasteiger partial charge in [0.15, 0.2) is 0 Å². The maximum atomic E-state index is 13.7. The highest BCUT2D eigenvalue weighted by atomic mass is 35.5. The standard InChI is InChI=1S/C24H24ClFN4O3/c25-21-10-27-23(28-19-3-6-33-14-19)9-20(21)17-8-22-24(32)30(5-4-29(22)12-17)11-16-7-18(26)2-1-15(16)13-31/h1-2,7-10,12,19,31H,3-6,11,13-14H2,(H,27,28). The van der Waals surface area contributed by atoms with Gasteiger partial charge in [-0.25, -0.2) is 9.37 Å². The second kappa shape index (κ2) is 9.13. The molecule has 0 saturated carbocycles. The summed E-state index contributed by atoms with van der Waals surface area (Å²) < 4.78 is 21.1. The van der Waals surface area contributed by atoms with Crippen molar-refractivity contribution in [3.63, 3.8) is 0 Å². The fourth-order valence-electron chi connectivity index (χ4n) is 4.36. The normalized spacial score (nSPS) is 18.0. The summed E-state index contributed by atoms with van der Waals surface area (Å²) in [6.45, 7) is 2.51. The van der Waals surface area contributed by atoms with E-state index in [2.05, 4.69) is 10.3 Å². The number of carbonyl (C=O) groups is 1. The van der Waals surface area contributed by atoms with Gasteiger partial charge in [0.2, 0.25) is 0 Å². The van der Waals surface area contributed by atoms with Crippen molar-refractivity contribution in [2.75, 3.05) is 25.1 Å². The molecule has 1 aromatic carbocycles. The predicted octanol–water partition coefficient (Wildman–Crippen LogP) is 3.69. The molecular formula is C24H24ClFN4O3. The number of fused-ring (bicyclic) bond motifs is 1. The first-order valence-corrected chi connectivity index (χ1v) is 11.3. The van der Waals surface area contributed by atoms with Gasteiger partial charge in [0.1, 0.15) is 17.3 Å². The Bertz CT molecular complexity index is 1190. The molecule has 172 valence electrons. The number of rotatable bonds is 6. The molecule has 33 heavy (non-hydrogen) atoms. The van der Waals surface area contributed by atoms with Crippen LogP contribution in [0, 0.1) is 5.82 Å². The molecule has 9 heteroatoms. The number of amides is 1. The quantitative estimate of drug-likeness (QED) is 0.574. The van der Waals surface area contributed by atoms with Crippen LogP contribution in [0.3, 0.4) is 0 Å². The summed E-state index contributed by atoms with van der Waals surface area (Å²) in [4.78, 5) is 19.3. The van der Waals surface area contributed by atoms with Gasteiger partial charge in [-0.2, -0.15) is 0 Å². The monoisotopic (exact) mass is 470 g/mol. The lowest BCUT2D eigenvalue weighted by Crippen LogP contribution is -2.39. The van der Waals surface area contributed by atoms with Crippen molar-refractivity contribution in [3.8, 4) is 11.1 Å². The topological polar surface area (TPSA) is 79.6 Å². The highest BCUT2D eigenvalue weighted by Gasteiger charge is 2.27. The van der Waals surface area contributed by atoms with E-state index in [1.54, 1.807) is 17.2 Å². The second-order valence-corrected chi connectivity index (χ2v) is 8.77. The molecule has 1 saturated heterocycles. The third kappa shape index (κ3) is 4.46. The molecule has 3 aromatic rings. The molecule has 1 atom stereocenters. The van der Waals surface area contributed by atoms with Crippen LogP contribution >= 0.6 is 11.6 Å². The van der Waals surface area contributed by atoms with Crippen molar-refractivity contribution < 1.29 is 19.0 Å². The third-order valence-electron chi connectivity index (χ3n) is 6.16. The van der Waals surface area contributed by atoms with Crippen LogP contribution in [0.5, 0.6) is 0 Å². The maximum absolute atomic E-state index is 13.7. The highest BCUT2D eigenvalue weighted by molar-refractivity contribution is 6.33. The fraction of sp³-hybridized carbons (Fsp3) is 0.333. The van der Waals surface area contributed by atoms with E-state index < -0.39 is 5.82 Å². The van der Waals surface area contributed by atoms with Crippen molar-refractivity contribution in [2.45, 2.75) is 32.2 Å². The summed E-state index contributed by atoms with van der Waals surface area (Å²) in [6, 6.07) is 8.18. The Labute approximate surface area is 195 Å². The maximum Gasteiger partial charge on any atom is 0.270 e. The first-order chi connectivity index (χ1) is 16.0. The van der Waals surface area contributed by atoms with E-state index in [0.29, 0.717) is 47.4 Å². The Morgan fingerprint density at radius 1 is 1.24 bits per heavy atom. The summed E-state index contributed by atoms with van der Waals surface area (Å²) in [6.07, 6.45) is 4.46. The number of hydrogen-bond acceptors (Lipinski definition) is 5. The van der Waals surface area contributed by atoms with E-state index in [4.69, 9.17) is 16.3 Å². The minimum absolute atomic E-state index is 0.146. The number of pyridine rings is 1. The number of nitrogens with zero attached hydrogens (tertiary/aromatic N) is 3. The molecule has 2 aliphatic rings. The van der Waals surface area contributed by atoms with Gasteiger partial charge in [-0.1, -0.05) is 17.7 Å². The van der Waals surface area contributed by atoms with Crippen molar-refractivity contribution in [2.24, 2.45) is 0 Å². The van der Waals surface area contributed by atoms with Crippen molar-refractivity contribution >= 4 is 23.3 Å². The van der Waals surface area contributed by atoms with Crippen LogP contribution in [0.25, 0.3) is 11.1 Å². The molecule has 1 unspecified atom stereocenters. The minimum atomic E-state index is -0.391. The second-order valence-electron chi connectivity index (χ2n) is 8.36. The van der Waals surface area contributed by atoms with Gasteiger partial charge in [-0.15, -0.1) is 0 Å². The molecule has 0 spiro atoms. The number of nitrogens with one attached hydrogen (secondary N) is 1. The molecule has 0 radical (unpaired) electrons. The number of aliphatic hydroxyl groups excluding tert-OH is 1. The number of anilines is 1. The van der Waals surface area contributed by atoms with E-state index >= 15 is 0 Å². The zero-order chi connectivity index (χ0) is 22.9. The molecule has 2 aliphatic heterocycles. The Morgan fingerprint density at radius 3 is 2.91 bits per heavy atom. The first-order valence-electron chi connectivity index (χ1n) is 10.9. The van der Waals surface area contributed by atoms with Crippen LogP contribution in [0.15, 0.2) is 42.7 Å². The van der Waals surface area contributed by atoms with Crippen LogP contribution in [-0.4, -0.2) is 51.3 Å². The Morgan fingerprint density at radius 2 is 2.12 bits per heavy atom. The molecular weight excluding hydrogens is 447 g/mol. The number of aromatic nitrogens is 2. The van der Waals surface area contributed by atoms with Gasteiger partial charge in [-0.3, -0.25) is 4.79 Å². The van der Waals surface area contributed by atoms with Gasteiger partial charge >= 0.3 is 0 Å². The predicted molar refractivity (Wildman–Crippen MR) is 123 cm³/mol. The molecule has 0 bridgehead atoms. The van der Waals surface area contributed by atoms with E-state index in [-0.39, 0.29) is 25.1 Å². The van der Waals surface area contributed by atoms with Crippen molar-refractivity contribution in [1.29, 1.82) is 0 Å². The Balaban J connectivity index is 1.39. The lowest BCUT2D eigenvalue weighted by atomic mass is 10.1. The van der Waals surface area contributed by atoms with Crippen LogP contribution in [-0.2, 0) is 24.4 Å². The Kier molecular flexibility index (Phi) is 6.05. The zero-order valence-electron chi connectivity index (χ0n) is 17.9. The van der Waals surface area contributed by atoms with Gasteiger partial charge in [0.25, 0.3) is 5.91 Å². The van der Waals surface area contributed by atoms with Gasteiger partial charge in [-0.05, 0) is 41.8 Å². The average Bonchev–Trinajstić information content (AvgIpc) is 3.47. The smallest absolute Gasteiger partial charge is 0.270 e. The fourth-order valence-corrected chi connectivity index (χ4v) is 4.57. The van der Waals surface area contributed by atoms with E-state index in [0.717, 1.165) is 24.2 Å². The molecule has 7 nitrogen and oxygen atoms in total. The lowest BCUT2D eigenvalue weighted by Gasteiger charge is -2.29. The van der Waals surface area contributed by atoms with E-state index in [9.17, 15) is 14.3 Å². The van der Waals surface area contributed by atoms with E-state index in [1.807, 2.05) is 22.9 Å². The molecule has 0 aliphatic carbocycles. The number of carbonyl (C=O) groups excluding carboxylic acids is 1. The summed E-state index contributed by atoms with van der Waals surface area (Å²) >= 11 is 6.45. The summed E-state index contributed by atoms with van der Waals surface area (Å²) in [5, 5.41) is 13.4. The number of aliphatic hydroxyl groups is 1. The number of benzene rings is 1. The third-order valence-corrected chi connectivity index (χ3v) is 6.46. The molecule has 2 aromatic heterocycles. The number of hydrogen-bond donors (Lipinski definition) is 2.